The molecule has 1 aromatic carbocycles. The molecule has 0 aliphatic heterocycles. The summed E-state index contributed by atoms with van der Waals surface area (Å²) in [7, 11) is -3.76. The molecule has 0 saturated heterocycles. The molecule has 2 unspecified atom stereocenters. The molecule has 1 aromatic rings. The Morgan fingerprint density at radius 3 is 2.29 bits per heavy atom. The van der Waals surface area contributed by atoms with Gasteiger partial charge in [0.1, 0.15) is 0 Å². The lowest BCUT2D eigenvalue weighted by Gasteiger charge is -2.14. The van der Waals surface area contributed by atoms with Crippen LogP contribution in [-0.4, -0.2) is 32.0 Å². The Bertz CT molecular complexity index is 567. The third kappa shape index (κ3) is 5.11. The second kappa shape index (κ2) is 7.53. The van der Waals surface area contributed by atoms with Crippen LogP contribution in [0.3, 0.4) is 0 Å². The number of carbonyl (C=O) groups excluding carboxylic acids is 1. The molecule has 118 valence electrons. The fourth-order valence-corrected chi connectivity index (χ4v) is 2.88. The van der Waals surface area contributed by atoms with Crippen LogP contribution in [-0.2, 0) is 14.8 Å². The van der Waals surface area contributed by atoms with Crippen LogP contribution in [0.1, 0.15) is 38.9 Å². The van der Waals surface area contributed by atoms with Gasteiger partial charge in [0.25, 0.3) is 0 Å². The van der Waals surface area contributed by atoms with E-state index in [0.29, 0.717) is 12.1 Å². The van der Waals surface area contributed by atoms with Crippen molar-refractivity contribution in [1.29, 1.82) is 0 Å². The topological polar surface area (TPSA) is 95.5 Å². The first-order chi connectivity index (χ1) is 9.77. The number of aliphatic hydroxyl groups excluding tert-OH is 1. The maximum absolute atomic E-state index is 12.1. The molecule has 0 radical (unpaired) electrons. The Balaban J connectivity index is 2.79. The molecule has 2 atom stereocenters. The van der Waals surface area contributed by atoms with Crippen molar-refractivity contribution < 1.29 is 18.3 Å². The Morgan fingerprint density at radius 1 is 1.24 bits per heavy atom. The van der Waals surface area contributed by atoms with Crippen LogP contribution in [0, 0.1) is 0 Å². The van der Waals surface area contributed by atoms with Gasteiger partial charge in [-0.1, -0.05) is 19.1 Å². The normalized spacial score (nSPS) is 14.5. The summed E-state index contributed by atoms with van der Waals surface area (Å²) in [6.07, 6.45) is 0.125. The first-order valence-electron chi connectivity index (χ1n) is 6.86. The summed E-state index contributed by atoms with van der Waals surface area (Å²) in [4.78, 5) is 11.7. The Hall–Kier alpha value is -1.44. The predicted molar refractivity (Wildman–Crippen MR) is 80.2 cm³/mol. The Kier molecular flexibility index (Phi) is 6.32. The van der Waals surface area contributed by atoms with Crippen LogP contribution < -0.4 is 10.0 Å². The van der Waals surface area contributed by atoms with Crippen molar-refractivity contribution in [3.63, 3.8) is 0 Å². The molecular formula is C14H22N2O4S. The van der Waals surface area contributed by atoms with Crippen LogP contribution in [0.25, 0.3) is 0 Å². The molecular weight excluding hydrogens is 292 g/mol. The van der Waals surface area contributed by atoms with Gasteiger partial charge in [0, 0.05) is 6.54 Å². The van der Waals surface area contributed by atoms with Crippen molar-refractivity contribution >= 4 is 15.9 Å². The number of carbonyl (C=O) groups is 1. The average Bonchev–Trinajstić information content (AvgIpc) is 2.44. The second-order valence-corrected chi connectivity index (χ2v) is 6.59. The van der Waals surface area contributed by atoms with Gasteiger partial charge in [0.15, 0.2) is 0 Å². The zero-order valence-electron chi connectivity index (χ0n) is 12.5. The zero-order chi connectivity index (χ0) is 16.0. The van der Waals surface area contributed by atoms with Crippen molar-refractivity contribution in [2.24, 2.45) is 0 Å². The van der Waals surface area contributed by atoms with Gasteiger partial charge >= 0.3 is 0 Å². The summed E-state index contributed by atoms with van der Waals surface area (Å²) in [5.74, 6) is -0.360. The van der Waals surface area contributed by atoms with E-state index in [1.165, 1.54) is 19.1 Å². The van der Waals surface area contributed by atoms with Crippen molar-refractivity contribution in [1.82, 2.24) is 10.0 Å². The molecule has 0 aliphatic rings. The van der Waals surface area contributed by atoms with Crippen molar-refractivity contribution in [2.75, 3.05) is 6.54 Å². The molecule has 1 amide bonds. The lowest BCUT2D eigenvalue weighted by Crippen LogP contribution is -2.44. The Labute approximate surface area is 125 Å². The van der Waals surface area contributed by atoms with Crippen molar-refractivity contribution in [2.45, 2.75) is 44.2 Å². The summed E-state index contributed by atoms with van der Waals surface area (Å²) < 4.78 is 26.6. The van der Waals surface area contributed by atoms with E-state index in [1.807, 2.05) is 6.92 Å². The minimum atomic E-state index is -3.76. The molecule has 6 nitrogen and oxygen atoms in total. The van der Waals surface area contributed by atoms with E-state index in [-0.39, 0.29) is 10.8 Å². The first-order valence-corrected chi connectivity index (χ1v) is 8.34. The number of hydrogen-bond donors (Lipinski definition) is 3. The Morgan fingerprint density at radius 2 is 1.81 bits per heavy atom. The van der Waals surface area contributed by atoms with Gasteiger partial charge in [-0.15, -0.1) is 0 Å². The van der Waals surface area contributed by atoms with E-state index in [2.05, 4.69) is 10.0 Å². The molecule has 0 aromatic heterocycles. The lowest BCUT2D eigenvalue weighted by atomic mass is 10.1. The molecule has 0 saturated carbocycles. The summed E-state index contributed by atoms with van der Waals surface area (Å²) >= 11 is 0. The predicted octanol–water partition coefficient (Wildman–Crippen LogP) is 0.933. The average molecular weight is 314 g/mol. The third-order valence-corrected chi connectivity index (χ3v) is 4.50. The number of hydrogen-bond acceptors (Lipinski definition) is 4. The van der Waals surface area contributed by atoms with Crippen LogP contribution in [0.15, 0.2) is 29.2 Å². The molecule has 0 aliphatic carbocycles. The molecule has 0 fully saturated rings. The molecule has 3 N–H and O–H groups in total. The van der Waals surface area contributed by atoms with Crippen LogP contribution in [0.5, 0.6) is 0 Å². The maximum Gasteiger partial charge on any atom is 0.241 e. The molecule has 1 rings (SSSR count). The van der Waals surface area contributed by atoms with Gasteiger partial charge in [0.05, 0.1) is 17.0 Å². The van der Waals surface area contributed by atoms with E-state index in [1.54, 1.807) is 19.1 Å². The van der Waals surface area contributed by atoms with Gasteiger partial charge in [0.2, 0.25) is 15.9 Å². The van der Waals surface area contributed by atoms with Crippen molar-refractivity contribution in [3.8, 4) is 0 Å². The van der Waals surface area contributed by atoms with Crippen molar-refractivity contribution in [3.05, 3.63) is 29.8 Å². The van der Waals surface area contributed by atoms with E-state index >= 15 is 0 Å². The summed E-state index contributed by atoms with van der Waals surface area (Å²) in [5, 5.41) is 12.0. The third-order valence-electron chi connectivity index (χ3n) is 2.95. The van der Waals surface area contributed by atoms with Gasteiger partial charge < -0.3 is 10.4 Å². The molecule has 0 spiro atoms. The van der Waals surface area contributed by atoms with E-state index in [9.17, 15) is 18.3 Å². The van der Waals surface area contributed by atoms with Crippen LogP contribution in [0.4, 0.5) is 0 Å². The largest absolute Gasteiger partial charge is 0.389 e. The number of benzene rings is 1. The maximum atomic E-state index is 12.1. The summed E-state index contributed by atoms with van der Waals surface area (Å²) in [5.41, 5.74) is 0.627. The molecule has 7 heteroatoms. The fourth-order valence-electron chi connectivity index (χ4n) is 1.68. The number of nitrogens with one attached hydrogen (secondary N) is 2. The highest BCUT2D eigenvalue weighted by atomic mass is 32.2. The smallest absolute Gasteiger partial charge is 0.241 e. The van der Waals surface area contributed by atoms with Crippen LogP contribution in [0.2, 0.25) is 0 Å². The number of aliphatic hydroxyl groups is 1. The van der Waals surface area contributed by atoms with E-state index in [4.69, 9.17) is 0 Å². The monoisotopic (exact) mass is 314 g/mol. The second-order valence-electron chi connectivity index (χ2n) is 4.88. The minimum absolute atomic E-state index is 0.0574. The molecule has 0 bridgehead atoms. The van der Waals surface area contributed by atoms with Gasteiger partial charge in [-0.2, -0.15) is 4.72 Å². The SMILES string of the molecule is CCCNC(=O)C(C)NS(=O)(=O)c1ccc(C(C)O)cc1. The first kappa shape index (κ1) is 17.6. The lowest BCUT2D eigenvalue weighted by molar-refractivity contribution is -0.122. The van der Waals surface area contributed by atoms with Gasteiger partial charge in [-0.25, -0.2) is 8.42 Å². The van der Waals surface area contributed by atoms with Crippen LogP contribution >= 0.6 is 0 Å². The fraction of sp³-hybridized carbons (Fsp3) is 0.500. The highest BCUT2D eigenvalue weighted by molar-refractivity contribution is 7.89. The highest BCUT2D eigenvalue weighted by Gasteiger charge is 2.21. The van der Waals surface area contributed by atoms with E-state index in [0.717, 1.165) is 6.42 Å². The van der Waals surface area contributed by atoms with Gasteiger partial charge in [-0.05, 0) is 38.0 Å². The molecule has 21 heavy (non-hydrogen) atoms. The highest BCUT2D eigenvalue weighted by Crippen LogP contribution is 2.16. The van der Waals surface area contributed by atoms with Gasteiger partial charge in [-0.3, -0.25) is 4.79 Å². The number of sulfonamides is 1. The quantitative estimate of drug-likeness (QED) is 0.698. The zero-order valence-corrected chi connectivity index (χ0v) is 13.3. The molecule has 0 heterocycles. The number of rotatable bonds is 7. The van der Waals surface area contributed by atoms with E-state index < -0.39 is 22.2 Å². The summed E-state index contributed by atoms with van der Waals surface area (Å²) in [6.45, 7) is 5.52. The summed E-state index contributed by atoms with van der Waals surface area (Å²) in [6, 6.07) is 5.04. The standard InChI is InChI=1S/C14H22N2O4S/c1-4-9-15-14(18)10(2)16-21(19,20)13-7-5-12(6-8-13)11(3)17/h5-8,10-11,16-17H,4,9H2,1-3H3,(H,15,18). The number of amides is 1. The minimum Gasteiger partial charge on any atom is -0.389 e.